The average molecular weight is 344 g/mol. The maximum absolute atomic E-state index is 11.7. The molecule has 0 bridgehead atoms. The average Bonchev–Trinajstić information content (AvgIpc) is 2.31. The van der Waals surface area contributed by atoms with Gasteiger partial charge in [0.15, 0.2) is 0 Å². The molecule has 2 rings (SSSR count). The molecule has 1 aromatic heterocycles. The second kappa shape index (κ2) is 5.14. The SMILES string of the molecule is Cc1nc(-c2ccc(Cl)c(Br)c2)[nH]c(=O)c1C(=O)O. The molecule has 0 aliphatic rings. The van der Waals surface area contributed by atoms with Crippen LogP contribution in [0.25, 0.3) is 11.4 Å². The number of aryl methyl sites for hydroxylation is 1. The normalized spacial score (nSPS) is 10.5. The van der Waals surface area contributed by atoms with Gasteiger partial charge in [-0.25, -0.2) is 9.78 Å². The van der Waals surface area contributed by atoms with E-state index in [2.05, 4.69) is 25.9 Å². The number of hydrogen-bond acceptors (Lipinski definition) is 3. The van der Waals surface area contributed by atoms with Crippen LogP contribution >= 0.6 is 27.5 Å². The Labute approximate surface area is 121 Å². The summed E-state index contributed by atoms with van der Waals surface area (Å²) in [5.41, 5.74) is -0.233. The third kappa shape index (κ3) is 2.69. The van der Waals surface area contributed by atoms with Crippen molar-refractivity contribution in [2.24, 2.45) is 0 Å². The smallest absolute Gasteiger partial charge is 0.343 e. The van der Waals surface area contributed by atoms with Gasteiger partial charge in [0.05, 0.1) is 10.7 Å². The van der Waals surface area contributed by atoms with Gasteiger partial charge in [-0.2, -0.15) is 0 Å². The summed E-state index contributed by atoms with van der Waals surface area (Å²) in [5.74, 6) is -1.00. The van der Waals surface area contributed by atoms with E-state index in [1.165, 1.54) is 6.92 Å². The van der Waals surface area contributed by atoms with E-state index in [0.29, 0.717) is 20.9 Å². The number of aromatic nitrogens is 2. The molecule has 0 atom stereocenters. The zero-order valence-electron chi connectivity index (χ0n) is 9.70. The molecule has 5 nitrogen and oxygen atoms in total. The van der Waals surface area contributed by atoms with Crippen molar-refractivity contribution in [2.45, 2.75) is 6.92 Å². The highest BCUT2D eigenvalue weighted by molar-refractivity contribution is 9.10. The number of H-pyrrole nitrogens is 1. The summed E-state index contributed by atoms with van der Waals surface area (Å²) in [5, 5.41) is 9.44. The van der Waals surface area contributed by atoms with Gasteiger partial charge in [-0.05, 0) is 41.1 Å². The number of carbonyl (C=O) groups is 1. The van der Waals surface area contributed by atoms with E-state index in [0.717, 1.165) is 0 Å². The van der Waals surface area contributed by atoms with Gasteiger partial charge in [0.1, 0.15) is 11.4 Å². The van der Waals surface area contributed by atoms with Crippen molar-refractivity contribution in [3.63, 3.8) is 0 Å². The molecule has 98 valence electrons. The third-order valence-electron chi connectivity index (χ3n) is 2.51. The zero-order chi connectivity index (χ0) is 14.2. The Morgan fingerprint density at radius 2 is 2.16 bits per heavy atom. The predicted octanol–water partition coefficient (Wildman–Crippen LogP) is 2.86. The number of benzene rings is 1. The molecule has 0 amide bonds. The first-order valence-electron chi connectivity index (χ1n) is 5.20. The number of aromatic carboxylic acids is 1. The molecule has 7 heteroatoms. The van der Waals surface area contributed by atoms with Gasteiger partial charge < -0.3 is 10.1 Å². The van der Waals surface area contributed by atoms with Crippen LogP contribution in [0.2, 0.25) is 5.02 Å². The van der Waals surface area contributed by atoms with Crippen molar-refractivity contribution < 1.29 is 9.90 Å². The Morgan fingerprint density at radius 1 is 1.47 bits per heavy atom. The van der Waals surface area contributed by atoms with E-state index in [4.69, 9.17) is 16.7 Å². The maximum Gasteiger partial charge on any atom is 0.343 e. The molecule has 0 saturated carbocycles. The van der Waals surface area contributed by atoms with Crippen molar-refractivity contribution in [1.82, 2.24) is 9.97 Å². The first kappa shape index (κ1) is 13.8. The molecular weight excluding hydrogens is 336 g/mol. The van der Waals surface area contributed by atoms with Crippen molar-refractivity contribution in [3.05, 3.63) is 49.3 Å². The van der Waals surface area contributed by atoms with E-state index in [1.54, 1.807) is 18.2 Å². The van der Waals surface area contributed by atoms with E-state index >= 15 is 0 Å². The number of rotatable bonds is 2. The van der Waals surface area contributed by atoms with Crippen molar-refractivity contribution in [2.75, 3.05) is 0 Å². The number of hydrogen-bond donors (Lipinski definition) is 2. The molecule has 0 saturated heterocycles. The highest BCUT2D eigenvalue weighted by Crippen LogP contribution is 2.27. The van der Waals surface area contributed by atoms with Gasteiger partial charge in [0.25, 0.3) is 5.56 Å². The second-order valence-electron chi connectivity index (χ2n) is 3.81. The summed E-state index contributed by atoms with van der Waals surface area (Å²) >= 11 is 9.15. The van der Waals surface area contributed by atoms with E-state index < -0.39 is 11.5 Å². The molecule has 0 aliphatic heterocycles. The second-order valence-corrected chi connectivity index (χ2v) is 5.07. The number of nitrogens with one attached hydrogen (secondary N) is 1. The van der Waals surface area contributed by atoms with Gasteiger partial charge in [0.2, 0.25) is 0 Å². The number of nitrogens with zero attached hydrogens (tertiary/aromatic N) is 1. The van der Waals surface area contributed by atoms with Crippen molar-refractivity contribution in [3.8, 4) is 11.4 Å². The van der Waals surface area contributed by atoms with Crippen LogP contribution in [-0.4, -0.2) is 21.0 Å². The van der Waals surface area contributed by atoms with Crippen LogP contribution in [0, 0.1) is 6.92 Å². The first-order valence-corrected chi connectivity index (χ1v) is 6.37. The highest BCUT2D eigenvalue weighted by Gasteiger charge is 2.15. The van der Waals surface area contributed by atoms with Gasteiger partial charge in [-0.3, -0.25) is 4.79 Å². The van der Waals surface area contributed by atoms with Crippen molar-refractivity contribution in [1.29, 1.82) is 0 Å². The molecule has 2 N–H and O–H groups in total. The topological polar surface area (TPSA) is 83.0 Å². The number of carboxylic acids is 1. The molecular formula is C12H8BrClN2O3. The minimum absolute atomic E-state index is 0.164. The van der Waals surface area contributed by atoms with Crippen LogP contribution in [0.1, 0.15) is 16.1 Å². The zero-order valence-corrected chi connectivity index (χ0v) is 12.0. The van der Waals surface area contributed by atoms with Gasteiger partial charge in [-0.15, -0.1) is 0 Å². The van der Waals surface area contributed by atoms with Gasteiger partial charge >= 0.3 is 5.97 Å². The lowest BCUT2D eigenvalue weighted by Crippen LogP contribution is -2.21. The Kier molecular flexibility index (Phi) is 3.73. The fourth-order valence-corrected chi connectivity index (χ4v) is 2.11. The Bertz CT molecular complexity index is 727. The largest absolute Gasteiger partial charge is 0.477 e. The van der Waals surface area contributed by atoms with Crippen LogP contribution < -0.4 is 5.56 Å². The molecule has 2 aromatic rings. The van der Waals surface area contributed by atoms with Crippen LogP contribution in [0.3, 0.4) is 0 Å². The fraction of sp³-hybridized carbons (Fsp3) is 0.0833. The summed E-state index contributed by atoms with van der Waals surface area (Å²) in [6.45, 7) is 1.48. The monoisotopic (exact) mass is 342 g/mol. The number of aromatic amines is 1. The highest BCUT2D eigenvalue weighted by atomic mass is 79.9. The Balaban J connectivity index is 2.61. The first-order chi connectivity index (χ1) is 8.90. The van der Waals surface area contributed by atoms with E-state index in [-0.39, 0.29) is 11.3 Å². The fourth-order valence-electron chi connectivity index (χ4n) is 1.62. The summed E-state index contributed by atoms with van der Waals surface area (Å²) < 4.78 is 0.661. The quantitative estimate of drug-likeness (QED) is 0.878. The standard InChI is InChI=1S/C12H8BrClN2O3/c1-5-9(12(18)19)11(17)16-10(15-5)6-2-3-8(14)7(13)4-6/h2-4H,1H3,(H,18,19)(H,15,16,17). The van der Waals surface area contributed by atoms with Gasteiger partial charge in [0, 0.05) is 10.0 Å². The predicted molar refractivity (Wildman–Crippen MR) is 74.7 cm³/mol. The van der Waals surface area contributed by atoms with Crippen LogP contribution in [0.15, 0.2) is 27.5 Å². The minimum atomic E-state index is -1.30. The van der Waals surface area contributed by atoms with Gasteiger partial charge in [-0.1, -0.05) is 11.6 Å². The van der Waals surface area contributed by atoms with Crippen LogP contribution in [0.5, 0.6) is 0 Å². The van der Waals surface area contributed by atoms with E-state index in [9.17, 15) is 9.59 Å². The summed E-state index contributed by atoms with van der Waals surface area (Å²) in [6, 6.07) is 5.03. The molecule has 0 aliphatic carbocycles. The molecule has 0 radical (unpaired) electrons. The summed E-state index contributed by atoms with van der Waals surface area (Å²) in [7, 11) is 0. The lowest BCUT2D eigenvalue weighted by Gasteiger charge is -2.05. The molecule has 0 fully saturated rings. The Hall–Kier alpha value is -1.66. The Morgan fingerprint density at radius 3 is 2.68 bits per heavy atom. The van der Waals surface area contributed by atoms with Crippen LogP contribution in [0.4, 0.5) is 0 Å². The lowest BCUT2D eigenvalue weighted by atomic mass is 10.2. The summed E-state index contributed by atoms with van der Waals surface area (Å²) in [4.78, 5) is 29.2. The van der Waals surface area contributed by atoms with E-state index in [1.807, 2.05) is 0 Å². The number of carboxylic acid groups (broad SMARTS) is 1. The van der Waals surface area contributed by atoms with Crippen molar-refractivity contribution >= 4 is 33.5 Å². The van der Waals surface area contributed by atoms with Crippen LogP contribution in [-0.2, 0) is 0 Å². The molecule has 1 heterocycles. The molecule has 19 heavy (non-hydrogen) atoms. The maximum atomic E-state index is 11.7. The molecule has 0 spiro atoms. The lowest BCUT2D eigenvalue weighted by molar-refractivity contribution is 0.0693. The third-order valence-corrected chi connectivity index (χ3v) is 3.72. The number of halogens is 2. The minimum Gasteiger partial charge on any atom is -0.477 e. The molecule has 1 aromatic carbocycles. The summed E-state index contributed by atoms with van der Waals surface area (Å²) in [6.07, 6.45) is 0. The molecule has 0 unspecified atom stereocenters.